The summed E-state index contributed by atoms with van der Waals surface area (Å²) in [5.41, 5.74) is 1.68. The van der Waals surface area contributed by atoms with Crippen molar-refractivity contribution in [2.45, 2.75) is 45.1 Å². The molecule has 1 aromatic heterocycles. The summed E-state index contributed by atoms with van der Waals surface area (Å²) in [4.78, 5) is 41.4. The van der Waals surface area contributed by atoms with Gasteiger partial charge in [-0.2, -0.15) is 0 Å². The summed E-state index contributed by atoms with van der Waals surface area (Å²) >= 11 is 0. The van der Waals surface area contributed by atoms with Crippen LogP contribution in [0.15, 0.2) is 52.1 Å². The van der Waals surface area contributed by atoms with Crippen LogP contribution in [0, 0.1) is 5.92 Å². The lowest BCUT2D eigenvalue weighted by Crippen LogP contribution is -2.34. The number of carbonyl (C=O) groups excluding carboxylic acids is 1. The van der Waals surface area contributed by atoms with Crippen molar-refractivity contribution in [2.75, 3.05) is 21.9 Å². The molecule has 0 atom stereocenters. The molecule has 1 amide bonds. The molecule has 184 valence electrons. The Balaban J connectivity index is 1.28. The van der Waals surface area contributed by atoms with E-state index in [1.165, 1.54) is 4.57 Å². The maximum Gasteiger partial charge on any atom is 0.328 e. The molecule has 1 saturated carbocycles. The zero-order chi connectivity index (χ0) is 24.6. The first-order valence-electron chi connectivity index (χ1n) is 12.0. The van der Waals surface area contributed by atoms with E-state index in [2.05, 4.69) is 9.71 Å². The summed E-state index contributed by atoms with van der Waals surface area (Å²) in [6.45, 7) is 0.632. The van der Waals surface area contributed by atoms with E-state index in [1.807, 2.05) is 0 Å². The number of hydrogen-bond acceptors (Lipinski definition) is 5. The van der Waals surface area contributed by atoms with Crippen molar-refractivity contribution in [3.05, 3.63) is 68.9 Å². The second-order valence-electron chi connectivity index (χ2n) is 9.35. The third-order valence-electron chi connectivity index (χ3n) is 6.93. The lowest BCUT2D eigenvalue weighted by atomic mass is 10.1. The molecule has 3 aromatic rings. The Hall–Kier alpha value is -3.40. The average Bonchev–Trinajstić information content (AvgIpc) is 3.47. The van der Waals surface area contributed by atoms with Gasteiger partial charge in [0.2, 0.25) is 15.9 Å². The molecule has 1 fully saturated rings. The van der Waals surface area contributed by atoms with Crippen LogP contribution in [0.1, 0.15) is 37.7 Å². The van der Waals surface area contributed by atoms with Crippen LogP contribution in [0.5, 0.6) is 0 Å². The molecule has 1 aliphatic carbocycles. The van der Waals surface area contributed by atoms with Crippen molar-refractivity contribution < 1.29 is 13.2 Å². The fraction of sp³-hybridized carbons (Fsp3) is 0.400. The first kappa shape index (κ1) is 23.3. The van der Waals surface area contributed by atoms with Gasteiger partial charge in [0.05, 0.1) is 16.7 Å². The summed E-state index contributed by atoms with van der Waals surface area (Å²) in [6.07, 6.45) is 4.82. The van der Waals surface area contributed by atoms with Crippen LogP contribution in [0.25, 0.3) is 10.9 Å². The fourth-order valence-corrected chi connectivity index (χ4v) is 6.76. The van der Waals surface area contributed by atoms with Crippen LogP contribution in [0.2, 0.25) is 0 Å². The Morgan fingerprint density at radius 1 is 1.09 bits per heavy atom. The molecule has 9 nitrogen and oxygen atoms in total. The van der Waals surface area contributed by atoms with Gasteiger partial charge >= 0.3 is 5.69 Å². The maximum absolute atomic E-state index is 13.0. The normalized spacial score (nSPS) is 16.1. The Morgan fingerprint density at radius 3 is 2.66 bits per heavy atom. The number of para-hydroxylation sites is 1. The van der Waals surface area contributed by atoms with E-state index >= 15 is 0 Å². The quantitative estimate of drug-likeness (QED) is 0.521. The van der Waals surface area contributed by atoms with Crippen LogP contribution >= 0.6 is 0 Å². The molecule has 2 N–H and O–H groups in total. The molecule has 10 heteroatoms. The second kappa shape index (κ2) is 9.33. The fourth-order valence-electron chi connectivity index (χ4n) is 5.24. The maximum atomic E-state index is 13.0. The van der Waals surface area contributed by atoms with Crippen LogP contribution < -0.4 is 20.9 Å². The molecule has 5 rings (SSSR count). The monoisotopic (exact) mass is 496 g/mol. The molecule has 0 unspecified atom stereocenters. The number of fused-ring (bicyclic) bond motifs is 2. The molecule has 0 spiro atoms. The van der Waals surface area contributed by atoms with Crippen LogP contribution in [-0.4, -0.2) is 36.2 Å². The number of nitrogens with zero attached hydrogens (tertiary/aromatic N) is 2. The highest BCUT2D eigenvalue weighted by molar-refractivity contribution is 7.92. The van der Waals surface area contributed by atoms with Gasteiger partial charge in [-0.05, 0) is 61.1 Å². The minimum absolute atomic E-state index is 0.0884. The third-order valence-corrected chi connectivity index (χ3v) is 8.39. The largest absolute Gasteiger partial charge is 0.328 e. The number of H-pyrrole nitrogens is 1. The van der Waals surface area contributed by atoms with Gasteiger partial charge in [0.1, 0.15) is 0 Å². The first-order valence-corrected chi connectivity index (χ1v) is 13.6. The van der Waals surface area contributed by atoms with E-state index in [0.29, 0.717) is 29.6 Å². The summed E-state index contributed by atoms with van der Waals surface area (Å²) in [5, 5.41) is 0.397. The van der Waals surface area contributed by atoms with E-state index in [9.17, 15) is 22.8 Å². The number of anilines is 2. The molecule has 0 bridgehead atoms. The lowest BCUT2D eigenvalue weighted by Gasteiger charge is -2.19. The van der Waals surface area contributed by atoms with Crippen LogP contribution in [0.4, 0.5) is 11.4 Å². The van der Waals surface area contributed by atoms with Crippen molar-refractivity contribution in [3.8, 4) is 0 Å². The number of amides is 1. The van der Waals surface area contributed by atoms with Crippen molar-refractivity contribution in [1.29, 1.82) is 0 Å². The zero-order valence-electron chi connectivity index (χ0n) is 19.3. The molecular weight excluding hydrogens is 468 g/mol. The van der Waals surface area contributed by atoms with Crippen molar-refractivity contribution >= 4 is 38.2 Å². The zero-order valence-corrected chi connectivity index (χ0v) is 20.1. The van der Waals surface area contributed by atoms with Gasteiger partial charge in [-0.15, -0.1) is 0 Å². The van der Waals surface area contributed by atoms with E-state index in [1.54, 1.807) is 47.4 Å². The van der Waals surface area contributed by atoms with Gasteiger partial charge in [-0.1, -0.05) is 25.0 Å². The molecule has 0 saturated heterocycles. The number of rotatable bonds is 7. The summed E-state index contributed by atoms with van der Waals surface area (Å²) in [7, 11) is -3.42. The van der Waals surface area contributed by atoms with Crippen molar-refractivity contribution in [3.63, 3.8) is 0 Å². The number of sulfonamides is 1. The predicted octanol–water partition coefficient (Wildman–Crippen LogP) is 2.60. The van der Waals surface area contributed by atoms with Crippen LogP contribution in [0.3, 0.4) is 0 Å². The number of carbonyl (C=O) groups is 1. The summed E-state index contributed by atoms with van der Waals surface area (Å²) in [6, 6.07) is 12.1. The summed E-state index contributed by atoms with van der Waals surface area (Å²) < 4.78 is 29.2. The van der Waals surface area contributed by atoms with Crippen LogP contribution in [-0.2, 0) is 27.8 Å². The van der Waals surface area contributed by atoms with E-state index in [4.69, 9.17) is 0 Å². The Morgan fingerprint density at radius 2 is 1.86 bits per heavy atom. The molecule has 2 aromatic carbocycles. The third kappa shape index (κ3) is 4.88. The van der Waals surface area contributed by atoms with Crippen molar-refractivity contribution in [1.82, 2.24) is 9.55 Å². The molecule has 35 heavy (non-hydrogen) atoms. The number of nitrogens with one attached hydrogen (secondary N) is 2. The predicted molar refractivity (Wildman–Crippen MR) is 135 cm³/mol. The molecule has 2 aliphatic rings. The van der Waals surface area contributed by atoms with Gasteiger partial charge in [0.25, 0.3) is 5.56 Å². The molecule has 1 aliphatic heterocycles. The van der Waals surface area contributed by atoms with E-state index in [0.717, 1.165) is 36.9 Å². The van der Waals surface area contributed by atoms with Gasteiger partial charge in [-0.3, -0.25) is 23.9 Å². The minimum Gasteiger partial charge on any atom is -0.312 e. The highest BCUT2D eigenvalue weighted by atomic mass is 32.2. The SMILES string of the molecule is O=C(CCn1c(=O)[nH]c(=O)c2ccccc21)N1CCc2cc(NS(=O)(=O)CC3CCCC3)ccc21. The van der Waals surface area contributed by atoms with Crippen molar-refractivity contribution in [2.24, 2.45) is 5.92 Å². The number of benzene rings is 2. The molecular formula is C25H28N4O5S. The second-order valence-corrected chi connectivity index (χ2v) is 11.1. The van der Waals surface area contributed by atoms with E-state index < -0.39 is 21.3 Å². The topological polar surface area (TPSA) is 121 Å². The van der Waals surface area contributed by atoms with Gasteiger partial charge in [0.15, 0.2) is 0 Å². The minimum atomic E-state index is -3.42. The Bertz CT molecular complexity index is 1500. The van der Waals surface area contributed by atoms with E-state index in [-0.39, 0.29) is 30.5 Å². The van der Waals surface area contributed by atoms with Gasteiger partial charge in [0, 0.05) is 30.9 Å². The number of aromatic amines is 1. The van der Waals surface area contributed by atoms with Gasteiger partial charge in [-0.25, -0.2) is 13.2 Å². The number of aryl methyl sites for hydroxylation is 1. The molecule has 2 heterocycles. The number of hydrogen-bond donors (Lipinski definition) is 2. The molecule has 0 radical (unpaired) electrons. The first-order chi connectivity index (χ1) is 16.8. The Kier molecular flexibility index (Phi) is 6.22. The van der Waals surface area contributed by atoms with Gasteiger partial charge < -0.3 is 4.90 Å². The smallest absolute Gasteiger partial charge is 0.312 e. The Labute approximate surface area is 202 Å². The standard InChI is InChI=1S/C25H28N4O5S/c30-23(12-14-29-22-8-4-3-7-20(22)24(31)26-25(29)32)28-13-11-18-15-19(9-10-21(18)28)27-35(33,34)16-17-5-1-2-6-17/h3-4,7-10,15,17,27H,1-2,5-6,11-14,16H2,(H,26,31,32). The highest BCUT2D eigenvalue weighted by Gasteiger charge is 2.26. The lowest BCUT2D eigenvalue weighted by molar-refractivity contribution is -0.118. The summed E-state index contributed by atoms with van der Waals surface area (Å²) in [5.74, 6) is 0.232. The highest BCUT2D eigenvalue weighted by Crippen LogP contribution is 2.32. The number of aromatic nitrogens is 2. The average molecular weight is 497 g/mol.